The zero-order valence-electron chi connectivity index (χ0n) is 18.6. The van der Waals surface area contributed by atoms with Gasteiger partial charge in [-0.3, -0.25) is 4.90 Å². The number of benzene rings is 2. The lowest BCUT2D eigenvalue weighted by Crippen LogP contribution is -2.57. The number of ether oxygens (including phenoxy) is 1. The van der Waals surface area contributed by atoms with Gasteiger partial charge < -0.3 is 25.2 Å². The van der Waals surface area contributed by atoms with Crippen molar-refractivity contribution in [2.75, 3.05) is 44.2 Å². The van der Waals surface area contributed by atoms with Crippen LogP contribution in [0, 0.1) is 5.82 Å². The molecule has 186 valence electrons. The van der Waals surface area contributed by atoms with E-state index in [2.05, 4.69) is 10.2 Å². The molecule has 34 heavy (non-hydrogen) atoms. The Labute approximate surface area is 195 Å². The summed E-state index contributed by atoms with van der Waals surface area (Å²) in [7, 11) is 0. The molecule has 0 saturated carbocycles. The van der Waals surface area contributed by atoms with Crippen LogP contribution in [0.15, 0.2) is 48.5 Å². The minimum absolute atomic E-state index is 0.305. The van der Waals surface area contributed by atoms with Crippen molar-refractivity contribution < 1.29 is 32.5 Å². The van der Waals surface area contributed by atoms with Crippen LogP contribution in [0.25, 0.3) is 0 Å². The number of aliphatic hydroxyl groups excluding tert-OH is 2. The number of halogens is 4. The summed E-state index contributed by atoms with van der Waals surface area (Å²) in [5.74, 6) is -0.305. The van der Waals surface area contributed by atoms with Gasteiger partial charge >= 0.3 is 6.18 Å². The molecule has 6 nitrogen and oxygen atoms in total. The number of piperazine rings is 1. The number of aliphatic hydroxyl groups is 2. The van der Waals surface area contributed by atoms with Crippen molar-refractivity contribution in [3.63, 3.8) is 0 Å². The Bertz CT molecular complexity index is 936. The lowest BCUT2D eigenvalue weighted by atomic mass is 10.0. The van der Waals surface area contributed by atoms with Gasteiger partial charge in [-0.15, -0.1) is 0 Å². The molecule has 2 heterocycles. The van der Waals surface area contributed by atoms with E-state index in [1.165, 1.54) is 18.2 Å². The minimum atomic E-state index is -4.39. The predicted octanol–water partition coefficient (Wildman–Crippen LogP) is 2.25. The van der Waals surface area contributed by atoms with E-state index in [1.807, 2.05) is 4.90 Å². The maximum atomic E-state index is 13.1. The number of rotatable bonds is 7. The molecule has 3 N–H and O–H groups in total. The quantitative estimate of drug-likeness (QED) is 0.525. The summed E-state index contributed by atoms with van der Waals surface area (Å²) in [6.45, 7) is 2.69. The third-order valence-electron chi connectivity index (χ3n) is 6.50. The SMILES string of the molecule is OC[C@@H]1O[C@H](CNCc2ccc(F)cc2)[C@@H](N2CCN(c3cccc(C(F)(F)F)c3)CC2)[C@@H]1O. The first-order valence-corrected chi connectivity index (χ1v) is 11.3. The molecule has 0 bridgehead atoms. The molecule has 4 rings (SSSR count). The lowest BCUT2D eigenvalue weighted by Gasteiger charge is -2.41. The van der Waals surface area contributed by atoms with Crippen LogP contribution < -0.4 is 10.2 Å². The summed E-state index contributed by atoms with van der Waals surface area (Å²) < 4.78 is 58.2. The highest BCUT2D eigenvalue weighted by atomic mass is 19.4. The lowest BCUT2D eigenvalue weighted by molar-refractivity contribution is -0.137. The minimum Gasteiger partial charge on any atom is -0.394 e. The third kappa shape index (κ3) is 5.69. The van der Waals surface area contributed by atoms with Crippen molar-refractivity contribution >= 4 is 5.69 Å². The van der Waals surface area contributed by atoms with E-state index in [1.54, 1.807) is 18.2 Å². The zero-order chi connectivity index (χ0) is 24.3. The smallest absolute Gasteiger partial charge is 0.394 e. The molecule has 2 aromatic rings. The normalized spacial score (nSPS) is 26.2. The fraction of sp³-hybridized carbons (Fsp3) is 0.500. The predicted molar refractivity (Wildman–Crippen MR) is 119 cm³/mol. The number of anilines is 1. The van der Waals surface area contributed by atoms with E-state index in [0.29, 0.717) is 45.0 Å². The highest BCUT2D eigenvalue weighted by Gasteiger charge is 2.46. The van der Waals surface area contributed by atoms with Crippen LogP contribution in [0.4, 0.5) is 23.2 Å². The molecule has 0 unspecified atom stereocenters. The summed E-state index contributed by atoms with van der Waals surface area (Å²) in [6, 6.07) is 11.1. The fourth-order valence-electron chi connectivity index (χ4n) is 4.71. The van der Waals surface area contributed by atoms with E-state index < -0.39 is 23.9 Å². The van der Waals surface area contributed by atoms with Crippen molar-refractivity contribution in [2.45, 2.75) is 37.1 Å². The van der Waals surface area contributed by atoms with Gasteiger partial charge in [0.2, 0.25) is 0 Å². The molecule has 10 heteroatoms. The molecule has 0 aliphatic carbocycles. The van der Waals surface area contributed by atoms with Crippen LogP contribution in [0.3, 0.4) is 0 Å². The molecule has 2 saturated heterocycles. The first-order valence-electron chi connectivity index (χ1n) is 11.3. The van der Waals surface area contributed by atoms with Crippen molar-refractivity contribution in [2.24, 2.45) is 0 Å². The standard InChI is InChI=1S/C24H29F4N3O3/c25-18-6-4-16(5-7-18)13-29-14-20-22(23(33)21(15-32)34-20)31-10-8-30(9-11-31)19-3-1-2-17(12-19)24(26,27)28/h1-7,12,20-23,29,32-33H,8-11,13-15H2/t20-,21+,22-,23-/m1/s1. The Morgan fingerprint density at radius 3 is 2.35 bits per heavy atom. The van der Waals surface area contributed by atoms with Gasteiger partial charge in [0.25, 0.3) is 0 Å². The van der Waals surface area contributed by atoms with Crippen LogP contribution in [0.5, 0.6) is 0 Å². The second-order valence-electron chi connectivity index (χ2n) is 8.71. The monoisotopic (exact) mass is 483 g/mol. The van der Waals surface area contributed by atoms with Crippen LogP contribution in [-0.4, -0.2) is 78.8 Å². The third-order valence-corrected chi connectivity index (χ3v) is 6.50. The van der Waals surface area contributed by atoms with Crippen LogP contribution in [0.1, 0.15) is 11.1 Å². The summed E-state index contributed by atoms with van der Waals surface area (Å²) in [5.41, 5.74) is 0.749. The van der Waals surface area contributed by atoms with Gasteiger partial charge in [0.15, 0.2) is 0 Å². The van der Waals surface area contributed by atoms with Gasteiger partial charge in [-0.1, -0.05) is 18.2 Å². The van der Waals surface area contributed by atoms with Gasteiger partial charge in [-0.05, 0) is 35.9 Å². The molecular weight excluding hydrogens is 454 g/mol. The van der Waals surface area contributed by atoms with Crippen LogP contribution in [0.2, 0.25) is 0 Å². The first-order chi connectivity index (χ1) is 16.3. The number of nitrogens with zero attached hydrogens (tertiary/aromatic N) is 2. The number of alkyl halides is 3. The number of hydrogen-bond acceptors (Lipinski definition) is 6. The Kier molecular flexibility index (Phi) is 7.73. The highest BCUT2D eigenvalue weighted by molar-refractivity contribution is 5.49. The average Bonchev–Trinajstić information content (AvgIpc) is 3.15. The molecule has 0 spiro atoms. The summed E-state index contributed by atoms with van der Waals surface area (Å²) >= 11 is 0. The fourth-order valence-corrected chi connectivity index (χ4v) is 4.71. The maximum Gasteiger partial charge on any atom is 0.416 e. The Balaban J connectivity index is 1.37. The summed E-state index contributed by atoms with van der Waals surface area (Å²) in [5, 5.41) is 23.7. The molecule has 2 aliphatic rings. The topological polar surface area (TPSA) is 68.2 Å². The van der Waals surface area contributed by atoms with E-state index >= 15 is 0 Å². The number of hydrogen-bond donors (Lipinski definition) is 3. The van der Waals surface area contributed by atoms with Gasteiger partial charge in [0, 0.05) is 45.0 Å². The largest absolute Gasteiger partial charge is 0.416 e. The van der Waals surface area contributed by atoms with Gasteiger partial charge in [-0.25, -0.2) is 4.39 Å². The van der Waals surface area contributed by atoms with Gasteiger partial charge in [-0.2, -0.15) is 13.2 Å². The molecule has 0 radical (unpaired) electrons. The zero-order valence-corrected chi connectivity index (χ0v) is 18.6. The molecule has 4 atom stereocenters. The second-order valence-corrected chi connectivity index (χ2v) is 8.71. The Morgan fingerprint density at radius 1 is 1.00 bits per heavy atom. The molecule has 0 aromatic heterocycles. The highest BCUT2D eigenvalue weighted by Crippen LogP contribution is 2.32. The molecule has 2 fully saturated rings. The summed E-state index contributed by atoms with van der Waals surface area (Å²) in [4.78, 5) is 3.98. The molecule has 2 aliphatic heterocycles. The Hall–Kier alpha value is -2.24. The Morgan fingerprint density at radius 2 is 1.71 bits per heavy atom. The van der Waals surface area contributed by atoms with E-state index in [9.17, 15) is 27.8 Å². The number of nitrogens with one attached hydrogen (secondary N) is 1. The van der Waals surface area contributed by atoms with E-state index in [-0.39, 0.29) is 24.6 Å². The molecule has 0 amide bonds. The maximum absolute atomic E-state index is 13.1. The van der Waals surface area contributed by atoms with Crippen molar-refractivity contribution in [1.29, 1.82) is 0 Å². The van der Waals surface area contributed by atoms with Crippen LogP contribution in [-0.2, 0) is 17.5 Å². The van der Waals surface area contributed by atoms with Crippen molar-refractivity contribution in [1.82, 2.24) is 10.2 Å². The van der Waals surface area contributed by atoms with Crippen molar-refractivity contribution in [3.05, 3.63) is 65.5 Å². The van der Waals surface area contributed by atoms with Gasteiger partial charge in [0.05, 0.1) is 24.3 Å². The average molecular weight is 484 g/mol. The van der Waals surface area contributed by atoms with Crippen molar-refractivity contribution in [3.8, 4) is 0 Å². The van der Waals surface area contributed by atoms with E-state index in [0.717, 1.165) is 17.7 Å². The summed E-state index contributed by atoms with van der Waals surface area (Å²) in [6.07, 6.45) is -6.36. The van der Waals surface area contributed by atoms with Crippen LogP contribution >= 0.6 is 0 Å². The second kappa shape index (κ2) is 10.6. The first kappa shape index (κ1) is 24.9. The molecular formula is C24H29F4N3O3. The van der Waals surface area contributed by atoms with E-state index in [4.69, 9.17) is 4.74 Å². The van der Waals surface area contributed by atoms with Gasteiger partial charge in [0.1, 0.15) is 18.0 Å². The molecule has 2 aromatic carbocycles.